The zero-order valence-corrected chi connectivity index (χ0v) is 48.2. The Balaban J connectivity index is 0.989. The number of hydrogen-bond acceptors (Lipinski definition) is 24. The standard InChI is InChI=1S/C50H62N8O18S4/c1-29(45(63)55-37-9-13-39(14-10-37)79(67,68)57-49-51-31(3)23-32(4)52-49)27-77-21-17-41(59)75-35(7)47(65)73-25-43(61)71-19-20-72-44(62)26-74-48(66)36(8)76-42(60)18-22-78-28-30(2)46(64)56-38-11-15-40(16-12-38)80(69,70)58-50-53-33(5)24-34(6)54-50/h9-16,23-24,29-30,35-36H,17-22,25-28H2,1-8H3,(H,55,63)(H,56,64)(H,51,52,57)(H,53,54,58). The first-order chi connectivity index (χ1) is 37.7. The number of nitrogens with zero attached hydrogens (tertiary/aromatic N) is 4. The number of rotatable bonds is 31. The van der Waals surface area contributed by atoms with E-state index in [4.69, 9.17) is 28.4 Å². The molecule has 0 saturated heterocycles. The molecule has 2 amide bonds. The van der Waals surface area contributed by atoms with Crippen LogP contribution in [0.5, 0.6) is 0 Å². The Bertz CT molecular complexity index is 2830. The van der Waals surface area contributed by atoms with Gasteiger partial charge in [-0.25, -0.2) is 65.4 Å². The highest BCUT2D eigenvalue weighted by molar-refractivity contribution is 7.99. The number of carbonyl (C=O) groups is 8. The summed E-state index contributed by atoms with van der Waals surface area (Å²) in [5.74, 6) is -6.27. The van der Waals surface area contributed by atoms with Gasteiger partial charge in [-0.1, -0.05) is 13.8 Å². The van der Waals surface area contributed by atoms with Gasteiger partial charge < -0.3 is 39.1 Å². The number of hydrogen-bond donors (Lipinski definition) is 4. The Morgan fingerprint density at radius 3 is 1.14 bits per heavy atom. The number of sulfonamides is 2. The van der Waals surface area contributed by atoms with Crippen molar-refractivity contribution in [2.24, 2.45) is 11.8 Å². The van der Waals surface area contributed by atoms with Crippen molar-refractivity contribution >= 4 is 114 Å². The van der Waals surface area contributed by atoms with Crippen LogP contribution in [0.15, 0.2) is 70.5 Å². The summed E-state index contributed by atoms with van der Waals surface area (Å²) < 4.78 is 85.4. The monoisotopic (exact) mass is 1190 g/mol. The zero-order valence-electron chi connectivity index (χ0n) is 44.9. The molecule has 80 heavy (non-hydrogen) atoms. The van der Waals surface area contributed by atoms with Crippen molar-refractivity contribution in [1.82, 2.24) is 19.9 Å². The van der Waals surface area contributed by atoms with Crippen LogP contribution in [0.2, 0.25) is 0 Å². The van der Waals surface area contributed by atoms with Crippen LogP contribution in [0.4, 0.5) is 23.3 Å². The summed E-state index contributed by atoms with van der Waals surface area (Å²) in [5.41, 5.74) is 3.10. The number of esters is 6. The molecule has 4 rings (SSSR count). The van der Waals surface area contributed by atoms with Gasteiger partial charge in [0.2, 0.25) is 23.7 Å². The zero-order chi connectivity index (χ0) is 59.2. The molecule has 0 aliphatic rings. The first-order valence-electron chi connectivity index (χ1n) is 24.4. The third-order valence-electron chi connectivity index (χ3n) is 10.4. The molecule has 4 aromatic rings. The third-order valence-corrected chi connectivity index (χ3v) is 15.5. The van der Waals surface area contributed by atoms with Gasteiger partial charge in [-0.05, 0) is 102 Å². The van der Waals surface area contributed by atoms with Crippen molar-refractivity contribution in [3.8, 4) is 0 Å². The van der Waals surface area contributed by atoms with Gasteiger partial charge >= 0.3 is 35.8 Å². The Morgan fingerprint density at radius 1 is 0.487 bits per heavy atom. The molecule has 4 unspecified atom stereocenters. The molecule has 0 spiro atoms. The highest BCUT2D eigenvalue weighted by Crippen LogP contribution is 2.21. The highest BCUT2D eigenvalue weighted by Gasteiger charge is 2.24. The minimum absolute atomic E-state index is 0.0611. The second kappa shape index (κ2) is 31.4. The number of carbonyl (C=O) groups excluding carboxylic acids is 8. The molecule has 0 aliphatic carbocycles. The minimum atomic E-state index is -3.99. The number of ether oxygens (including phenoxy) is 6. The molecule has 26 nitrogen and oxygen atoms in total. The van der Waals surface area contributed by atoms with Crippen LogP contribution in [-0.4, -0.2) is 146 Å². The van der Waals surface area contributed by atoms with E-state index in [-0.39, 0.29) is 57.8 Å². The fraction of sp³-hybridized carbons (Fsp3) is 0.440. The molecule has 0 radical (unpaired) electrons. The lowest BCUT2D eigenvalue weighted by molar-refractivity contribution is -0.173. The Morgan fingerprint density at radius 2 is 0.812 bits per heavy atom. The maximum absolute atomic E-state index is 12.8. The first-order valence-corrected chi connectivity index (χ1v) is 29.7. The summed E-state index contributed by atoms with van der Waals surface area (Å²) >= 11 is 2.56. The van der Waals surface area contributed by atoms with Crippen molar-refractivity contribution in [1.29, 1.82) is 0 Å². The van der Waals surface area contributed by atoms with Crippen LogP contribution in [0.3, 0.4) is 0 Å². The van der Waals surface area contributed by atoms with Crippen LogP contribution >= 0.6 is 23.5 Å². The van der Waals surface area contributed by atoms with E-state index in [0.717, 1.165) is 0 Å². The largest absolute Gasteiger partial charge is 0.460 e. The number of anilines is 4. The van der Waals surface area contributed by atoms with Gasteiger partial charge in [0.25, 0.3) is 20.0 Å². The average Bonchev–Trinajstić information content (AvgIpc) is 3.39. The summed E-state index contributed by atoms with van der Waals surface area (Å²) in [6.45, 7) is 10.1. The quantitative estimate of drug-likeness (QED) is 0.0311. The lowest BCUT2D eigenvalue weighted by Gasteiger charge is -2.14. The number of nitrogens with one attached hydrogen (secondary N) is 4. The fourth-order valence-corrected chi connectivity index (χ4v) is 10.2. The van der Waals surface area contributed by atoms with Gasteiger partial charge in [-0.3, -0.25) is 19.2 Å². The fourth-order valence-electron chi connectivity index (χ4n) is 6.35. The number of aromatic nitrogens is 4. The van der Waals surface area contributed by atoms with Crippen LogP contribution < -0.4 is 20.1 Å². The van der Waals surface area contributed by atoms with E-state index < -0.39 is 106 Å². The summed E-state index contributed by atoms with van der Waals surface area (Å²) in [5, 5.41) is 5.43. The molecule has 2 aromatic carbocycles. The summed E-state index contributed by atoms with van der Waals surface area (Å²) in [6, 6.07) is 14.5. The maximum Gasteiger partial charge on any atom is 0.347 e. The molecule has 2 aromatic heterocycles. The van der Waals surface area contributed by atoms with Gasteiger partial charge in [0.15, 0.2) is 25.4 Å². The van der Waals surface area contributed by atoms with Crippen LogP contribution in [0, 0.1) is 39.5 Å². The molecule has 2 heterocycles. The van der Waals surface area contributed by atoms with E-state index in [2.05, 4.69) is 40.0 Å². The van der Waals surface area contributed by atoms with E-state index in [1.54, 1.807) is 53.7 Å². The Labute approximate surface area is 470 Å². The van der Waals surface area contributed by atoms with Crippen LogP contribution in [0.1, 0.15) is 63.3 Å². The van der Waals surface area contributed by atoms with Crippen molar-refractivity contribution < 1.29 is 83.6 Å². The molecular formula is C50H62N8O18S4. The average molecular weight is 1190 g/mol. The topological polar surface area (TPSA) is 360 Å². The predicted molar refractivity (Wildman–Crippen MR) is 292 cm³/mol. The van der Waals surface area contributed by atoms with Crippen LogP contribution in [-0.2, 0) is 86.8 Å². The second-order valence-electron chi connectivity index (χ2n) is 17.6. The molecule has 4 atom stereocenters. The summed E-state index contributed by atoms with van der Waals surface area (Å²) in [7, 11) is -7.98. The van der Waals surface area contributed by atoms with Crippen molar-refractivity contribution in [3.63, 3.8) is 0 Å². The molecule has 0 aliphatic heterocycles. The van der Waals surface area contributed by atoms with Gasteiger partial charge in [-0.2, -0.15) is 23.5 Å². The van der Waals surface area contributed by atoms with Gasteiger partial charge in [0.1, 0.15) is 13.2 Å². The lowest BCUT2D eigenvalue weighted by atomic mass is 10.2. The molecule has 0 bridgehead atoms. The maximum atomic E-state index is 12.8. The van der Waals surface area contributed by atoms with E-state index >= 15 is 0 Å². The van der Waals surface area contributed by atoms with Crippen molar-refractivity contribution in [3.05, 3.63) is 83.4 Å². The highest BCUT2D eigenvalue weighted by atomic mass is 32.2. The summed E-state index contributed by atoms with van der Waals surface area (Å²) in [6.07, 6.45) is -2.97. The van der Waals surface area contributed by atoms with E-state index in [9.17, 15) is 55.2 Å². The normalized spacial score (nSPS) is 12.8. The number of thioether (sulfide) groups is 2. The Hall–Kier alpha value is -7.44. The van der Waals surface area contributed by atoms with Crippen LogP contribution in [0.25, 0.3) is 0 Å². The smallest absolute Gasteiger partial charge is 0.347 e. The number of amides is 2. The first kappa shape index (κ1) is 65.1. The molecule has 30 heteroatoms. The van der Waals surface area contributed by atoms with E-state index in [1.807, 2.05) is 0 Å². The SMILES string of the molecule is Cc1cc(C)nc(NS(=O)(=O)c2ccc(NC(=O)C(C)CSCCC(=O)OC(C)C(=O)OCC(=O)OCCOC(=O)COC(=O)C(C)OC(=O)CCSCC(C)C(=O)Nc3ccc(S(=O)(=O)Nc4nc(C)cc(C)n4)cc3)cc2)n1. The van der Waals surface area contributed by atoms with Gasteiger partial charge in [0, 0.05) is 69.0 Å². The van der Waals surface area contributed by atoms with Crippen molar-refractivity contribution in [2.75, 3.05) is 69.5 Å². The number of benzene rings is 2. The van der Waals surface area contributed by atoms with Crippen molar-refractivity contribution in [2.45, 2.75) is 90.2 Å². The molecule has 434 valence electrons. The van der Waals surface area contributed by atoms with Gasteiger partial charge in [-0.15, -0.1) is 0 Å². The molecule has 0 saturated carbocycles. The lowest BCUT2D eigenvalue weighted by Crippen LogP contribution is -2.29. The Kier molecular flexibility index (Phi) is 25.5. The number of aryl methyl sites for hydroxylation is 4. The second-order valence-corrected chi connectivity index (χ2v) is 23.2. The molecule has 0 fully saturated rings. The minimum Gasteiger partial charge on any atom is -0.460 e. The summed E-state index contributed by atoms with van der Waals surface area (Å²) in [4.78, 5) is 115. The third kappa shape index (κ3) is 23.1. The predicted octanol–water partition coefficient (Wildman–Crippen LogP) is 4.23. The molecular weight excluding hydrogens is 1130 g/mol. The molecule has 4 N–H and O–H groups in total. The van der Waals surface area contributed by atoms with E-state index in [1.165, 1.54) is 85.9 Å². The van der Waals surface area contributed by atoms with Gasteiger partial charge in [0.05, 0.1) is 22.6 Å². The van der Waals surface area contributed by atoms with E-state index in [0.29, 0.717) is 45.7 Å².